The quantitative estimate of drug-likeness (QED) is 0.467. The Hall–Kier alpha value is -3.50. The van der Waals surface area contributed by atoms with Gasteiger partial charge in [-0.05, 0) is 67.8 Å². The summed E-state index contributed by atoms with van der Waals surface area (Å²) in [5.41, 5.74) is 2.21. The van der Waals surface area contributed by atoms with Crippen molar-refractivity contribution in [1.82, 2.24) is 20.3 Å². The molecule has 9 nitrogen and oxygen atoms in total. The number of ether oxygens (including phenoxy) is 2. The molecule has 3 N–H and O–H groups in total. The molecule has 4 rings (SSSR count). The van der Waals surface area contributed by atoms with Gasteiger partial charge in [-0.2, -0.15) is 0 Å². The number of carbonyl (C=O) groups excluding carboxylic acids is 1. The lowest BCUT2D eigenvalue weighted by Gasteiger charge is -2.36. The number of aryl methyl sites for hydroxylation is 1. The summed E-state index contributed by atoms with van der Waals surface area (Å²) < 4.78 is 26.0. The standard InChI is InChI=1S/C24H28FN5O4/c1-33-19-8-2-16(3-9-19)22-14-30(29-28-22)13-12-20-10-11-21(23(15-31)34-20)27-24(32)26-18-6-4-17(25)5-7-18/h2-9,14,20-21,23,31H,10-13,15H2,1H3,(H2,26,27,32)/t20-,21+,23+/m0/s1. The zero-order chi connectivity index (χ0) is 23.9. The van der Waals surface area contributed by atoms with Crippen LogP contribution in [0.1, 0.15) is 19.3 Å². The fourth-order valence-corrected chi connectivity index (χ4v) is 3.96. The Labute approximate surface area is 196 Å². The van der Waals surface area contributed by atoms with Crippen LogP contribution in [0.15, 0.2) is 54.7 Å². The van der Waals surface area contributed by atoms with E-state index in [1.165, 1.54) is 24.3 Å². The Kier molecular flexibility index (Phi) is 7.71. The number of anilines is 1. The summed E-state index contributed by atoms with van der Waals surface area (Å²) in [7, 11) is 1.63. The molecule has 3 atom stereocenters. The van der Waals surface area contributed by atoms with E-state index in [-0.39, 0.29) is 24.6 Å². The van der Waals surface area contributed by atoms with Gasteiger partial charge in [0.1, 0.15) is 23.4 Å². The Morgan fingerprint density at radius 2 is 1.97 bits per heavy atom. The molecule has 10 heteroatoms. The van der Waals surface area contributed by atoms with Crippen molar-refractivity contribution in [3.8, 4) is 17.0 Å². The van der Waals surface area contributed by atoms with Crippen LogP contribution in [-0.2, 0) is 11.3 Å². The predicted molar refractivity (Wildman–Crippen MR) is 124 cm³/mol. The SMILES string of the molecule is COc1ccc(-c2cn(CC[C@@H]3CC[C@@H](NC(=O)Nc4ccc(F)cc4)[C@@H](CO)O3)nn2)cc1. The number of benzene rings is 2. The molecule has 0 unspecified atom stereocenters. The molecule has 0 saturated carbocycles. The topological polar surface area (TPSA) is 111 Å². The third kappa shape index (κ3) is 6.09. The summed E-state index contributed by atoms with van der Waals surface area (Å²) in [6.07, 6.45) is 3.42. The van der Waals surface area contributed by atoms with Crippen molar-refractivity contribution >= 4 is 11.7 Å². The normalized spacial score (nSPS) is 20.0. The molecular weight excluding hydrogens is 441 g/mol. The highest BCUT2D eigenvalue weighted by Crippen LogP contribution is 2.24. The van der Waals surface area contributed by atoms with E-state index in [1.807, 2.05) is 30.5 Å². The number of methoxy groups -OCH3 is 1. The molecular formula is C24H28FN5O4. The highest BCUT2D eigenvalue weighted by Gasteiger charge is 2.31. The maximum atomic E-state index is 13.0. The van der Waals surface area contributed by atoms with Crippen molar-refractivity contribution < 1.29 is 23.8 Å². The molecule has 0 bridgehead atoms. The van der Waals surface area contributed by atoms with Gasteiger partial charge in [0.15, 0.2) is 0 Å². The molecule has 1 aliphatic heterocycles. The summed E-state index contributed by atoms with van der Waals surface area (Å²) in [4.78, 5) is 12.3. The lowest BCUT2D eigenvalue weighted by Crippen LogP contribution is -2.52. The first kappa shape index (κ1) is 23.7. The number of nitrogens with one attached hydrogen (secondary N) is 2. The smallest absolute Gasteiger partial charge is 0.319 e. The third-order valence-corrected chi connectivity index (χ3v) is 5.82. The first-order chi connectivity index (χ1) is 16.5. The highest BCUT2D eigenvalue weighted by atomic mass is 19.1. The number of carbonyl (C=O) groups is 1. The monoisotopic (exact) mass is 469 g/mol. The molecule has 34 heavy (non-hydrogen) atoms. The second kappa shape index (κ2) is 11.1. The minimum Gasteiger partial charge on any atom is -0.497 e. The predicted octanol–water partition coefficient (Wildman–Crippen LogP) is 3.21. The van der Waals surface area contributed by atoms with E-state index in [1.54, 1.807) is 11.8 Å². The number of aliphatic hydroxyl groups is 1. The summed E-state index contributed by atoms with van der Waals surface area (Å²) >= 11 is 0. The summed E-state index contributed by atoms with van der Waals surface area (Å²) in [5.74, 6) is 0.408. The summed E-state index contributed by atoms with van der Waals surface area (Å²) in [6, 6.07) is 12.4. The van der Waals surface area contributed by atoms with Crippen molar-refractivity contribution in [3.05, 3.63) is 60.5 Å². The maximum absolute atomic E-state index is 13.0. The molecule has 180 valence electrons. The van der Waals surface area contributed by atoms with Gasteiger partial charge >= 0.3 is 6.03 Å². The lowest BCUT2D eigenvalue weighted by molar-refractivity contribution is -0.0905. The second-order valence-electron chi connectivity index (χ2n) is 8.15. The number of urea groups is 1. The van der Waals surface area contributed by atoms with Crippen LogP contribution in [0.4, 0.5) is 14.9 Å². The van der Waals surface area contributed by atoms with Crippen LogP contribution in [0.2, 0.25) is 0 Å². The lowest BCUT2D eigenvalue weighted by atomic mass is 9.97. The molecule has 1 saturated heterocycles. The van der Waals surface area contributed by atoms with Crippen LogP contribution in [0.5, 0.6) is 5.75 Å². The van der Waals surface area contributed by atoms with Gasteiger partial charge in [-0.1, -0.05) is 5.21 Å². The average Bonchev–Trinajstić information content (AvgIpc) is 3.34. The van der Waals surface area contributed by atoms with E-state index >= 15 is 0 Å². The van der Waals surface area contributed by atoms with Crippen molar-refractivity contribution in [2.45, 2.75) is 44.1 Å². The van der Waals surface area contributed by atoms with Crippen molar-refractivity contribution in [1.29, 1.82) is 0 Å². The number of hydrogen-bond acceptors (Lipinski definition) is 6. The Balaban J connectivity index is 1.25. The third-order valence-electron chi connectivity index (χ3n) is 5.82. The van der Waals surface area contributed by atoms with Crippen molar-refractivity contribution in [2.75, 3.05) is 19.0 Å². The zero-order valence-electron chi connectivity index (χ0n) is 18.9. The van der Waals surface area contributed by atoms with Crippen LogP contribution in [0, 0.1) is 5.82 Å². The summed E-state index contributed by atoms with van der Waals surface area (Å²) in [5, 5.41) is 23.7. The molecule has 0 radical (unpaired) electrons. The van der Waals surface area contributed by atoms with Gasteiger partial charge in [0.25, 0.3) is 0 Å². The molecule has 0 aliphatic carbocycles. The molecule has 3 aromatic rings. The van der Waals surface area contributed by atoms with E-state index in [4.69, 9.17) is 9.47 Å². The second-order valence-corrected chi connectivity index (χ2v) is 8.15. The molecule has 1 fully saturated rings. The number of aliphatic hydroxyl groups excluding tert-OH is 1. The van der Waals surface area contributed by atoms with Gasteiger partial charge in [0.05, 0.1) is 32.1 Å². The van der Waals surface area contributed by atoms with Gasteiger partial charge < -0.3 is 25.2 Å². The van der Waals surface area contributed by atoms with Crippen LogP contribution >= 0.6 is 0 Å². The Bertz CT molecular complexity index is 1070. The first-order valence-electron chi connectivity index (χ1n) is 11.2. The molecule has 2 amide bonds. The Morgan fingerprint density at radius 3 is 2.68 bits per heavy atom. The fourth-order valence-electron chi connectivity index (χ4n) is 3.96. The molecule has 0 spiro atoms. The Morgan fingerprint density at radius 1 is 1.21 bits per heavy atom. The maximum Gasteiger partial charge on any atom is 0.319 e. The van der Waals surface area contributed by atoms with Gasteiger partial charge in [0, 0.05) is 17.8 Å². The van der Waals surface area contributed by atoms with Crippen LogP contribution in [0.25, 0.3) is 11.3 Å². The number of nitrogens with zero attached hydrogens (tertiary/aromatic N) is 3. The highest BCUT2D eigenvalue weighted by molar-refractivity contribution is 5.89. The first-order valence-corrected chi connectivity index (χ1v) is 11.2. The van der Waals surface area contributed by atoms with Gasteiger partial charge in [-0.25, -0.2) is 9.18 Å². The number of halogens is 1. The largest absolute Gasteiger partial charge is 0.497 e. The number of rotatable bonds is 8. The average molecular weight is 470 g/mol. The van der Waals surface area contributed by atoms with Gasteiger partial charge in [-0.3, -0.25) is 4.68 Å². The van der Waals surface area contributed by atoms with E-state index in [0.717, 1.165) is 23.4 Å². The van der Waals surface area contributed by atoms with Crippen LogP contribution < -0.4 is 15.4 Å². The molecule has 2 heterocycles. The van der Waals surface area contributed by atoms with E-state index in [2.05, 4.69) is 20.9 Å². The molecule has 1 aromatic heterocycles. The van der Waals surface area contributed by atoms with E-state index in [0.29, 0.717) is 25.1 Å². The molecule has 1 aliphatic rings. The van der Waals surface area contributed by atoms with Gasteiger partial charge in [0.2, 0.25) is 0 Å². The fraction of sp³-hybridized carbons (Fsp3) is 0.375. The van der Waals surface area contributed by atoms with Crippen molar-refractivity contribution in [3.63, 3.8) is 0 Å². The minimum absolute atomic E-state index is 0.0657. The van der Waals surface area contributed by atoms with Crippen LogP contribution in [0.3, 0.4) is 0 Å². The number of aromatic nitrogens is 3. The molecule has 2 aromatic carbocycles. The summed E-state index contributed by atoms with van der Waals surface area (Å²) in [6.45, 7) is 0.415. The number of hydrogen-bond donors (Lipinski definition) is 3. The van der Waals surface area contributed by atoms with E-state index in [9.17, 15) is 14.3 Å². The van der Waals surface area contributed by atoms with E-state index < -0.39 is 12.1 Å². The minimum atomic E-state index is -0.511. The van der Waals surface area contributed by atoms with Crippen LogP contribution in [-0.4, -0.2) is 58.1 Å². The zero-order valence-corrected chi connectivity index (χ0v) is 18.9. The van der Waals surface area contributed by atoms with Crippen molar-refractivity contribution in [2.24, 2.45) is 0 Å². The number of amides is 2. The van der Waals surface area contributed by atoms with Gasteiger partial charge in [-0.15, -0.1) is 5.10 Å².